The second-order valence-electron chi connectivity index (χ2n) is 7.40. The second-order valence-corrected chi connectivity index (χ2v) is 7.40. The van der Waals surface area contributed by atoms with Gasteiger partial charge in [0.05, 0.1) is 0 Å². The predicted octanol–water partition coefficient (Wildman–Crippen LogP) is 3.16. The third-order valence-corrected chi connectivity index (χ3v) is 5.42. The van der Waals surface area contributed by atoms with Crippen LogP contribution in [-0.4, -0.2) is 53.9 Å². The average molecular weight is 358 g/mol. The first-order valence-electron chi connectivity index (χ1n) is 9.91. The largest absolute Gasteiger partial charge is 0.490 e. The molecule has 1 aromatic rings. The Hall–Kier alpha value is -2.04. The molecule has 0 aliphatic carbocycles. The Kier molecular flexibility index (Phi) is 6.53. The van der Waals surface area contributed by atoms with Crippen molar-refractivity contribution in [2.75, 3.05) is 26.2 Å². The zero-order chi connectivity index (χ0) is 18.4. The monoisotopic (exact) mass is 358 g/mol. The number of hydrogen-bond acceptors (Lipinski definition) is 3. The van der Waals surface area contributed by atoms with Gasteiger partial charge in [-0.1, -0.05) is 18.2 Å². The smallest absolute Gasteiger partial charge is 0.222 e. The van der Waals surface area contributed by atoms with Crippen molar-refractivity contribution >= 4 is 11.8 Å². The van der Waals surface area contributed by atoms with E-state index >= 15 is 0 Å². The van der Waals surface area contributed by atoms with Crippen LogP contribution in [0, 0.1) is 6.92 Å². The highest BCUT2D eigenvalue weighted by Gasteiger charge is 2.24. The molecule has 0 atom stereocenters. The van der Waals surface area contributed by atoms with Crippen molar-refractivity contribution in [2.45, 2.75) is 58.0 Å². The van der Waals surface area contributed by atoms with Crippen molar-refractivity contribution in [3.8, 4) is 5.75 Å². The van der Waals surface area contributed by atoms with Gasteiger partial charge in [0.15, 0.2) is 0 Å². The van der Waals surface area contributed by atoms with E-state index in [2.05, 4.69) is 13.0 Å². The van der Waals surface area contributed by atoms with Crippen molar-refractivity contribution in [1.82, 2.24) is 9.80 Å². The van der Waals surface area contributed by atoms with Gasteiger partial charge in [0.25, 0.3) is 0 Å². The number of amides is 2. The fourth-order valence-electron chi connectivity index (χ4n) is 3.77. The molecule has 0 radical (unpaired) electrons. The molecule has 0 saturated carbocycles. The Labute approximate surface area is 156 Å². The van der Waals surface area contributed by atoms with E-state index in [1.165, 1.54) is 0 Å². The van der Waals surface area contributed by atoms with Crippen LogP contribution >= 0.6 is 0 Å². The zero-order valence-electron chi connectivity index (χ0n) is 15.8. The van der Waals surface area contributed by atoms with Gasteiger partial charge in [0.2, 0.25) is 11.8 Å². The molecule has 0 unspecified atom stereocenters. The van der Waals surface area contributed by atoms with Crippen LogP contribution in [0.25, 0.3) is 0 Å². The van der Waals surface area contributed by atoms with Gasteiger partial charge in [-0.3, -0.25) is 9.59 Å². The van der Waals surface area contributed by atoms with E-state index in [9.17, 15) is 9.59 Å². The number of ether oxygens (including phenoxy) is 1. The number of para-hydroxylation sites is 1. The number of likely N-dealkylation sites (tertiary alicyclic amines) is 2. The molecule has 2 aliphatic heterocycles. The molecule has 1 aromatic carbocycles. The molecule has 2 saturated heterocycles. The summed E-state index contributed by atoms with van der Waals surface area (Å²) in [5, 5.41) is 0. The summed E-state index contributed by atoms with van der Waals surface area (Å²) in [6, 6.07) is 8.07. The molecular formula is C21H30N2O3. The van der Waals surface area contributed by atoms with E-state index in [1.54, 1.807) is 0 Å². The molecule has 2 aliphatic rings. The quantitative estimate of drug-likeness (QED) is 0.785. The van der Waals surface area contributed by atoms with Crippen molar-refractivity contribution < 1.29 is 14.3 Å². The molecule has 26 heavy (non-hydrogen) atoms. The maximum atomic E-state index is 12.4. The van der Waals surface area contributed by atoms with Gasteiger partial charge >= 0.3 is 0 Å². The predicted molar refractivity (Wildman–Crippen MR) is 101 cm³/mol. The molecular weight excluding hydrogens is 328 g/mol. The highest BCUT2D eigenvalue weighted by molar-refractivity contribution is 5.77. The summed E-state index contributed by atoms with van der Waals surface area (Å²) in [6.07, 6.45) is 6.02. The fourth-order valence-corrected chi connectivity index (χ4v) is 3.77. The number of carbonyl (C=O) groups is 2. The number of carbonyl (C=O) groups excluding carboxylic acids is 2. The first-order chi connectivity index (χ1) is 12.6. The van der Waals surface area contributed by atoms with Gasteiger partial charge in [-0.05, 0) is 37.8 Å². The molecule has 5 nitrogen and oxygen atoms in total. The first kappa shape index (κ1) is 18.7. The SMILES string of the molecule is Cc1ccccc1OC1CCN(C(=O)CCCN2CCCCC2=O)CC1. The molecule has 2 amide bonds. The normalized spacial score (nSPS) is 18.9. The minimum atomic E-state index is 0.186. The van der Waals surface area contributed by atoms with Gasteiger partial charge in [-0.25, -0.2) is 0 Å². The number of nitrogens with zero attached hydrogens (tertiary/aromatic N) is 2. The molecule has 5 heteroatoms. The Balaban J connectivity index is 1.37. The van der Waals surface area contributed by atoms with E-state index in [0.29, 0.717) is 12.8 Å². The van der Waals surface area contributed by atoms with Crippen LogP contribution in [0.4, 0.5) is 0 Å². The summed E-state index contributed by atoms with van der Waals surface area (Å²) < 4.78 is 6.10. The number of hydrogen-bond donors (Lipinski definition) is 0. The van der Waals surface area contributed by atoms with E-state index in [-0.39, 0.29) is 17.9 Å². The minimum absolute atomic E-state index is 0.186. The molecule has 0 spiro atoms. The molecule has 0 bridgehead atoms. The topological polar surface area (TPSA) is 49.9 Å². The van der Waals surface area contributed by atoms with Crippen molar-refractivity contribution in [2.24, 2.45) is 0 Å². The molecule has 2 fully saturated rings. The van der Waals surface area contributed by atoms with E-state index < -0.39 is 0 Å². The van der Waals surface area contributed by atoms with Gasteiger partial charge < -0.3 is 14.5 Å². The van der Waals surface area contributed by atoms with E-state index in [0.717, 1.165) is 69.6 Å². The lowest BCUT2D eigenvalue weighted by molar-refractivity contribution is -0.136. The highest BCUT2D eigenvalue weighted by atomic mass is 16.5. The van der Waals surface area contributed by atoms with Crippen LogP contribution in [0.3, 0.4) is 0 Å². The van der Waals surface area contributed by atoms with Crippen LogP contribution in [0.15, 0.2) is 24.3 Å². The van der Waals surface area contributed by atoms with Crippen molar-refractivity contribution in [3.05, 3.63) is 29.8 Å². The number of aryl methyl sites for hydroxylation is 1. The van der Waals surface area contributed by atoms with Crippen molar-refractivity contribution in [1.29, 1.82) is 0 Å². The highest BCUT2D eigenvalue weighted by Crippen LogP contribution is 2.22. The van der Waals surface area contributed by atoms with Crippen LogP contribution in [0.1, 0.15) is 50.5 Å². The van der Waals surface area contributed by atoms with Crippen LogP contribution in [-0.2, 0) is 9.59 Å². The van der Waals surface area contributed by atoms with Crippen LogP contribution in [0.5, 0.6) is 5.75 Å². The summed E-state index contributed by atoms with van der Waals surface area (Å²) in [6.45, 7) is 5.16. The standard InChI is InChI=1S/C21H30N2O3/c1-17-7-2-3-8-19(17)26-18-11-15-23(16-12-18)21(25)10-6-14-22-13-5-4-9-20(22)24/h2-3,7-8,18H,4-6,9-16H2,1H3. The van der Waals surface area contributed by atoms with Crippen LogP contribution < -0.4 is 4.74 Å². The Morgan fingerprint density at radius 3 is 2.65 bits per heavy atom. The van der Waals surface area contributed by atoms with Crippen LogP contribution in [0.2, 0.25) is 0 Å². The molecule has 142 valence electrons. The summed E-state index contributed by atoms with van der Waals surface area (Å²) in [7, 11) is 0. The van der Waals surface area contributed by atoms with Gasteiger partial charge in [0.1, 0.15) is 11.9 Å². The van der Waals surface area contributed by atoms with Gasteiger partial charge in [-0.2, -0.15) is 0 Å². The lowest BCUT2D eigenvalue weighted by Gasteiger charge is -2.33. The zero-order valence-corrected chi connectivity index (χ0v) is 15.8. The maximum absolute atomic E-state index is 12.4. The lowest BCUT2D eigenvalue weighted by Crippen LogP contribution is -2.42. The van der Waals surface area contributed by atoms with E-state index in [1.807, 2.05) is 28.0 Å². The van der Waals surface area contributed by atoms with E-state index in [4.69, 9.17) is 4.74 Å². The minimum Gasteiger partial charge on any atom is -0.490 e. The summed E-state index contributed by atoms with van der Waals surface area (Å²) in [4.78, 5) is 28.1. The first-order valence-corrected chi connectivity index (χ1v) is 9.91. The number of piperidine rings is 2. The summed E-state index contributed by atoms with van der Waals surface area (Å²) >= 11 is 0. The summed E-state index contributed by atoms with van der Waals surface area (Å²) in [5.41, 5.74) is 1.15. The molecule has 0 aromatic heterocycles. The average Bonchev–Trinajstić information content (AvgIpc) is 2.66. The third kappa shape index (κ3) is 4.99. The molecule has 0 N–H and O–H groups in total. The number of benzene rings is 1. The fraction of sp³-hybridized carbons (Fsp3) is 0.619. The summed E-state index contributed by atoms with van der Waals surface area (Å²) in [5.74, 6) is 1.41. The molecule has 2 heterocycles. The van der Waals surface area contributed by atoms with Gasteiger partial charge in [0, 0.05) is 51.9 Å². The van der Waals surface area contributed by atoms with Gasteiger partial charge in [-0.15, -0.1) is 0 Å². The lowest BCUT2D eigenvalue weighted by atomic mass is 10.1. The maximum Gasteiger partial charge on any atom is 0.222 e. The Bertz CT molecular complexity index is 623. The Morgan fingerprint density at radius 2 is 1.92 bits per heavy atom. The second kappa shape index (κ2) is 9.06. The molecule has 3 rings (SSSR count). The third-order valence-electron chi connectivity index (χ3n) is 5.42. The number of rotatable bonds is 6. The van der Waals surface area contributed by atoms with Crippen molar-refractivity contribution in [3.63, 3.8) is 0 Å². The Morgan fingerprint density at radius 1 is 1.15 bits per heavy atom.